The van der Waals surface area contributed by atoms with Gasteiger partial charge in [0.2, 0.25) is 0 Å². The molecule has 2 aliphatic heterocycles. The van der Waals surface area contributed by atoms with Crippen LogP contribution >= 0.6 is 0 Å². The Hall–Kier alpha value is -5.12. The second kappa shape index (κ2) is 11.4. The lowest BCUT2D eigenvalue weighted by Gasteiger charge is -2.30. The zero-order chi connectivity index (χ0) is 30.3. The van der Waals surface area contributed by atoms with Crippen molar-refractivity contribution in [3.05, 3.63) is 168 Å². The van der Waals surface area contributed by atoms with Crippen LogP contribution in [0.1, 0.15) is 47.3 Å². The van der Waals surface area contributed by atoms with Gasteiger partial charge >= 0.3 is 0 Å². The van der Waals surface area contributed by atoms with E-state index in [1.54, 1.807) is 0 Å². The Morgan fingerprint density at radius 3 is 1.40 bits per heavy atom. The van der Waals surface area contributed by atoms with Gasteiger partial charge in [-0.05, 0) is 122 Å². The van der Waals surface area contributed by atoms with Gasteiger partial charge in [-0.15, -0.1) is 0 Å². The SMILES string of the molecule is Cc1ccc(N(c2ccc(C)cc2)c2cc(-c3ccc4c(c3)C3CCC4O3)cc(N(c3ccccc3)c3ccccc3)c2)cc1. The van der Waals surface area contributed by atoms with Gasteiger partial charge in [-0.25, -0.2) is 0 Å². The highest BCUT2D eigenvalue weighted by molar-refractivity contribution is 5.87. The van der Waals surface area contributed by atoms with E-state index < -0.39 is 0 Å². The van der Waals surface area contributed by atoms with E-state index in [-0.39, 0.29) is 12.2 Å². The van der Waals surface area contributed by atoms with Crippen molar-refractivity contribution in [1.82, 2.24) is 0 Å². The number of anilines is 6. The molecule has 220 valence electrons. The summed E-state index contributed by atoms with van der Waals surface area (Å²) in [5.74, 6) is 0. The van der Waals surface area contributed by atoms with Crippen molar-refractivity contribution in [1.29, 1.82) is 0 Å². The van der Waals surface area contributed by atoms with Crippen molar-refractivity contribution < 1.29 is 4.74 Å². The van der Waals surface area contributed by atoms with E-state index in [0.29, 0.717) is 0 Å². The zero-order valence-electron chi connectivity index (χ0n) is 25.7. The molecule has 1 fully saturated rings. The van der Waals surface area contributed by atoms with Crippen LogP contribution in [0, 0.1) is 13.8 Å². The Morgan fingerprint density at radius 2 is 0.889 bits per heavy atom. The van der Waals surface area contributed by atoms with Gasteiger partial charge < -0.3 is 14.5 Å². The molecular formula is C42H36N2O. The summed E-state index contributed by atoms with van der Waals surface area (Å²) in [5, 5.41) is 0. The first-order valence-corrected chi connectivity index (χ1v) is 15.9. The van der Waals surface area contributed by atoms with E-state index >= 15 is 0 Å². The van der Waals surface area contributed by atoms with Crippen LogP contribution in [-0.2, 0) is 4.74 Å². The molecule has 2 bridgehead atoms. The van der Waals surface area contributed by atoms with Crippen LogP contribution in [0.25, 0.3) is 11.1 Å². The topological polar surface area (TPSA) is 15.7 Å². The van der Waals surface area contributed by atoms with Gasteiger partial charge in [-0.2, -0.15) is 0 Å². The number of hydrogen-bond acceptors (Lipinski definition) is 3. The van der Waals surface area contributed by atoms with Crippen molar-refractivity contribution in [2.24, 2.45) is 0 Å². The molecule has 3 nitrogen and oxygen atoms in total. The molecule has 0 radical (unpaired) electrons. The molecule has 8 rings (SSSR count). The van der Waals surface area contributed by atoms with Crippen LogP contribution in [0.5, 0.6) is 0 Å². The van der Waals surface area contributed by atoms with Gasteiger partial charge in [-0.1, -0.05) is 83.9 Å². The monoisotopic (exact) mass is 584 g/mol. The average Bonchev–Trinajstić information content (AvgIpc) is 3.71. The van der Waals surface area contributed by atoms with Crippen LogP contribution in [-0.4, -0.2) is 0 Å². The van der Waals surface area contributed by atoms with Crippen LogP contribution in [0.4, 0.5) is 34.1 Å². The lowest BCUT2D eigenvalue weighted by molar-refractivity contribution is 0.0717. The van der Waals surface area contributed by atoms with E-state index in [4.69, 9.17) is 4.74 Å². The lowest BCUT2D eigenvalue weighted by Crippen LogP contribution is -2.13. The summed E-state index contributed by atoms with van der Waals surface area (Å²) >= 11 is 0. The molecule has 2 heterocycles. The maximum Gasteiger partial charge on any atom is 0.0838 e. The normalized spacial score (nSPS) is 16.4. The molecule has 6 aromatic rings. The molecule has 2 unspecified atom stereocenters. The maximum absolute atomic E-state index is 6.29. The first kappa shape index (κ1) is 27.4. The highest BCUT2D eigenvalue weighted by Crippen LogP contribution is 2.52. The fourth-order valence-corrected chi connectivity index (χ4v) is 6.88. The molecule has 2 aliphatic rings. The summed E-state index contributed by atoms with van der Waals surface area (Å²) < 4.78 is 6.29. The lowest BCUT2D eigenvalue weighted by atomic mass is 9.89. The van der Waals surface area contributed by atoms with Crippen LogP contribution in [0.2, 0.25) is 0 Å². The van der Waals surface area contributed by atoms with Crippen molar-refractivity contribution >= 4 is 34.1 Å². The first-order chi connectivity index (χ1) is 22.1. The van der Waals surface area contributed by atoms with Crippen molar-refractivity contribution in [3.63, 3.8) is 0 Å². The van der Waals surface area contributed by atoms with E-state index in [1.165, 1.54) is 33.4 Å². The molecule has 3 heteroatoms. The summed E-state index contributed by atoms with van der Waals surface area (Å²) in [6, 6.07) is 52.9. The third kappa shape index (κ3) is 5.20. The molecule has 0 aliphatic carbocycles. The molecule has 1 saturated heterocycles. The Bertz CT molecular complexity index is 1860. The zero-order valence-corrected chi connectivity index (χ0v) is 25.7. The summed E-state index contributed by atoms with van der Waals surface area (Å²) in [7, 11) is 0. The van der Waals surface area contributed by atoms with Crippen molar-refractivity contribution in [3.8, 4) is 11.1 Å². The van der Waals surface area contributed by atoms with E-state index in [0.717, 1.165) is 47.0 Å². The Balaban J connectivity index is 1.36. The van der Waals surface area contributed by atoms with E-state index in [2.05, 4.69) is 169 Å². The summed E-state index contributed by atoms with van der Waals surface area (Å²) in [5.41, 5.74) is 14.3. The summed E-state index contributed by atoms with van der Waals surface area (Å²) in [6.45, 7) is 4.28. The van der Waals surface area contributed by atoms with E-state index in [1.807, 2.05) is 0 Å². The number of para-hydroxylation sites is 2. The number of fused-ring (bicyclic) bond motifs is 5. The minimum absolute atomic E-state index is 0.217. The van der Waals surface area contributed by atoms with Gasteiger partial charge in [-0.3, -0.25) is 0 Å². The fraction of sp³-hybridized carbons (Fsp3) is 0.143. The van der Waals surface area contributed by atoms with Crippen LogP contribution in [0.3, 0.4) is 0 Å². The second-order valence-corrected chi connectivity index (χ2v) is 12.3. The standard InChI is InChI=1S/C42H36N2O/c1-29-13-18-35(19-14-29)44(36-20-15-30(2)16-21-36)38-26-32(31-17-22-39-40(27-31)42-24-23-41(39)45-42)25-37(28-38)43(33-9-5-3-6-10-33)34-11-7-4-8-12-34/h3-22,25-28,41-42H,23-24H2,1-2H3. The van der Waals surface area contributed by atoms with Crippen molar-refractivity contribution in [2.75, 3.05) is 9.80 Å². The van der Waals surface area contributed by atoms with Crippen LogP contribution in [0.15, 0.2) is 146 Å². The first-order valence-electron chi connectivity index (χ1n) is 15.9. The largest absolute Gasteiger partial charge is 0.366 e. The smallest absolute Gasteiger partial charge is 0.0838 e. The Labute approximate surface area is 266 Å². The predicted octanol–water partition coefficient (Wildman–Crippen LogP) is 11.8. The quantitative estimate of drug-likeness (QED) is 0.186. The summed E-state index contributed by atoms with van der Waals surface area (Å²) in [4.78, 5) is 4.73. The molecule has 6 aromatic carbocycles. The van der Waals surface area contributed by atoms with Gasteiger partial charge in [0, 0.05) is 34.1 Å². The van der Waals surface area contributed by atoms with Crippen LogP contribution < -0.4 is 9.80 Å². The fourth-order valence-electron chi connectivity index (χ4n) is 6.88. The van der Waals surface area contributed by atoms with Gasteiger partial charge in [0.1, 0.15) is 0 Å². The van der Waals surface area contributed by atoms with Gasteiger partial charge in [0.15, 0.2) is 0 Å². The van der Waals surface area contributed by atoms with E-state index in [9.17, 15) is 0 Å². The average molecular weight is 585 g/mol. The third-order valence-corrected chi connectivity index (χ3v) is 9.17. The van der Waals surface area contributed by atoms with Crippen molar-refractivity contribution in [2.45, 2.75) is 38.9 Å². The second-order valence-electron chi connectivity index (χ2n) is 12.3. The highest BCUT2D eigenvalue weighted by Gasteiger charge is 2.38. The Morgan fingerprint density at radius 1 is 0.422 bits per heavy atom. The molecule has 0 aromatic heterocycles. The molecule has 45 heavy (non-hydrogen) atoms. The number of aryl methyl sites for hydroxylation is 2. The maximum atomic E-state index is 6.29. The minimum Gasteiger partial charge on any atom is -0.366 e. The molecule has 2 atom stereocenters. The number of benzene rings is 6. The minimum atomic E-state index is 0.217. The number of ether oxygens (including phenoxy) is 1. The van der Waals surface area contributed by atoms with Gasteiger partial charge in [0.05, 0.1) is 12.2 Å². The Kier molecular flexibility index (Phi) is 6.96. The highest BCUT2D eigenvalue weighted by atomic mass is 16.5. The van der Waals surface area contributed by atoms with Gasteiger partial charge in [0.25, 0.3) is 0 Å². The third-order valence-electron chi connectivity index (χ3n) is 9.17. The predicted molar refractivity (Wildman–Crippen MR) is 187 cm³/mol. The molecule has 0 saturated carbocycles. The molecular weight excluding hydrogens is 548 g/mol. The summed E-state index contributed by atoms with van der Waals surface area (Å²) in [6.07, 6.45) is 2.71. The molecule has 0 N–H and O–H groups in total. The number of hydrogen-bond donors (Lipinski definition) is 0. The number of rotatable bonds is 7. The molecule has 0 amide bonds. The number of nitrogens with zero attached hydrogens (tertiary/aromatic N) is 2. The molecule has 0 spiro atoms.